The van der Waals surface area contributed by atoms with Gasteiger partial charge in [-0.25, -0.2) is 4.39 Å². The average molecular weight is 463 g/mol. The van der Waals surface area contributed by atoms with Crippen molar-refractivity contribution in [2.24, 2.45) is 0 Å². The van der Waals surface area contributed by atoms with Crippen LogP contribution in [-0.4, -0.2) is 53.8 Å². The normalized spacial score (nSPS) is 18.4. The van der Waals surface area contributed by atoms with Crippen molar-refractivity contribution in [1.82, 2.24) is 15.2 Å². The average Bonchev–Trinajstić information content (AvgIpc) is 3.15. The fourth-order valence-corrected chi connectivity index (χ4v) is 4.97. The first-order valence-electron chi connectivity index (χ1n) is 10.9. The molecule has 0 radical (unpaired) electrons. The number of nitrogens with zero attached hydrogens (tertiary/aromatic N) is 3. The van der Waals surface area contributed by atoms with Gasteiger partial charge in [-0.2, -0.15) is 0 Å². The summed E-state index contributed by atoms with van der Waals surface area (Å²) in [6.45, 7) is 6.67. The van der Waals surface area contributed by atoms with Gasteiger partial charge in [-0.1, -0.05) is 31.2 Å². The van der Waals surface area contributed by atoms with E-state index in [0.717, 1.165) is 66.4 Å². The number of aromatic nitrogens is 1. The molecule has 2 fully saturated rings. The number of rotatable bonds is 4. The minimum absolute atomic E-state index is 0.233. The van der Waals surface area contributed by atoms with E-state index in [2.05, 4.69) is 27.0 Å². The van der Waals surface area contributed by atoms with E-state index in [9.17, 15) is 9.59 Å². The van der Waals surface area contributed by atoms with Crippen molar-refractivity contribution in [3.8, 4) is 11.1 Å². The number of anilines is 1. The summed E-state index contributed by atoms with van der Waals surface area (Å²) in [6, 6.07) is 13.1. The SMILES string of the molecule is CCN1CCN(c2ccc(-c3cccc4cnc(/C=C5\SC(=O)NC5=O)cc34)cc2F)CC1. The summed E-state index contributed by atoms with van der Waals surface area (Å²) in [4.78, 5) is 32.5. The van der Waals surface area contributed by atoms with Gasteiger partial charge in [0.1, 0.15) is 5.82 Å². The van der Waals surface area contributed by atoms with Gasteiger partial charge < -0.3 is 9.80 Å². The molecule has 5 rings (SSSR count). The molecule has 2 amide bonds. The maximum atomic E-state index is 15.2. The summed E-state index contributed by atoms with van der Waals surface area (Å²) < 4.78 is 15.2. The highest BCUT2D eigenvalue weighted by Gasteiger charge is 2.25. The molecule has 2 aromatic carbocycles. The number of carbonyl (C=O) groups is 2. The van der Waals surface area contributed by atoms with Crippen molar-refractivity contribution in [1.29, 1.82) is 0 Å². The van der Waals surface area contributed by atoms with Gasteiger partial charge in [0.2, 0.25) is 0 Å². The van der Waals surface area contributed by atoms with Crippen molar-refractivity contribution in [2.45, 2.75) is 6.92 Å². The molecular formula is C25H23FN4O2S. The number of hydrogen-bond acceptors (Lipinski definition) is 6. The Morgan fingerprint density at radius 2 is 1.94 bits per heavy atom. The molecule has 2 aliphatic rings. The third-order valence-corrected chi connectivity index (χ3v) is 6.94. The zero-order chi connectivity index (χ0) is 22.9. The van der Waals surface area contributed by atoms with E-state index in [1.165, 1.54) is 0 Å². The van der Waals surface area contributed by atoms with Crippen LogP contribution >= 0.6 is 11.8 Å². The Balaban J connectivity index is 1.48. The monoisotopic (exact) mass is 462 g/mol. The fraction of sp³-hybridized carbons (Fsp3) is 0.240. The van der Waals surface area contributed by atoms with Crippen molar-refractivity contribution in [3.05, 3.63) is 65.1 Å². The highest BCUT2D eigenvalue weighted by atomic mass is 32.2. The lowest BCUT2D eigenvalue weighted by atomic mass is 9.98. The van der Waals surface area contributed by atoms with E-state index >= 15 is 4.39 Å². The van der Waals surface area contributed by atoms with Gasteiger partial charge in [-0.05, 0) is 59.1 Å². The van der Waals surface area contributed by atoms with E-state index in [1.807, 2.05) is 36.4 Å². The second-order valence-corrected chi connectivity index (χ2v) is 9.09. The third-order valence-electron chi connectivity index (χ3n) is 6.12. The third kappa shape index (κ3) is 4.36. The zero-order valence-electron chi connectivity index (χ0n) is 18.2. The Labute approximate surface area is 195 Å². The summed E-state index contributed by atoms with van der Waals surface area (Å²) in [6.07, 6.45) is 3.32. The molecule has 3 heterocycles. The smallest absolute Gasteiger partial charge is 0.290 e. The lowest BCUT2D eigenvalue weighted by molar-refractivity contribution is -0.115. The Hall–Kier alpha value is -3.23. The number of fused-ring (bicyclic) bond motifs is 1. The molecule has 2 aliphatic heterocycles. The molecule has 168 valence electrons. The quantitative estimate of drug-likeness (QED) is 0.576. The van der Waals surface area contributed by atoms with Crippen molar-refractivity contribution in [3.63, 3.8) is 0 Å². The molecule has 0 atom stereocenters. The first-order valence-corrected chi connectivity index (χ1v) is 11.7. The number of carbonyl (C=O) groups excluding carboxylic acids is 2. The molecule has 0 saturated carbocycles. The Bertz CT molecular complexity index is 1280. The Morgan fingerprint density at radius 1 is 1.12 bits per heavy atom. The predicted molar refractivity (Wildman–Crippen MR) is 131 cm³/mol. The summed E-state index contributed by atoms with van der Waals surface area (Å²) in [5.41, 5.74) is 2.86. The predicted octanol–water partition coefficient (Wildman–Crippen LogP) is 4.51. The largest absolute Gasteiger partial charge is 0.367 e. The number of likely N-dealkylation sites (N-methyl/N-ethyl adjacent to an activating group) is 1. The molecular weight excluding hydrogens is 439 g/mol. The number of piperazine rings is 1. The second kappa shape index (κ2) is 8.96. The number of thioether (sulfide) groups is 1. The van der Waals surface area contributed by atoms with Crippen LogP contribution in [0.25, 0.3) is 28.0 Å². The lowest BCUT2D eigenvalue weighted by Crippen LogP contribution is -2.46. The van der Waals surface area contributed by atoms with Crippen LogP contribution in [0.4, 0.5) is 14.9 Å². The van der Waals surface area contributed by atoms with Crippen LogP contribution in [0.15, 0.2) is 53.6 Å². The van der Waals surface area contributed by atoms with Crippen LogP contribution in [0, 0.1) is 5.82 Å². The van der Waals surface area contributed by atoms with Crippen molar-refractivity contribution >= 4 is 45.4 Å². The summed E-state index contributed by atoms with van der Waals surface area (Å²) >= 11 is 0.857. The number of amides is 2. The minimum atomic E-state index is -0.419. The molecule has 33 heavy (non-hydrogen) atoms. The van der Waals surface area contributed by atoms with Crippen molar-refractivity contribution < 1.29 is 14.0 Å². The van der Waals surface area contributed by atoms with Crippen LogP contribution in [0.2, 0.25) is 0 Å². The molecule has 3 aromatic rings. The van der Waals surface area contributed by atoms with Crippen LogP contribution in [0.5, 0.6) is 0 Å². The number of halogens is 1. The fourth-order valence-electron chi connectivity index (χ4n) is 4.31. The van der Waals surface area contributed by atoms with Crippen LogP contribution in [-0.2, 0) is 4.79 Å². The van der Waals surface area contributed by atoms with E-state index in [0.29, 0.717) is 16.3 Å². The minimum Gasteiger partial charge on any atom is -0.367 e. The van der Waals surface area contributed by atoms with Gasteiger partial charge >= 0.3 is 0 Å². The second-order valence-electron chi connectivity index (χ2n) is 8.08. The maximum absolute atomic E-state index is 15.2. The molecule has 6 nitrogen and oxygen atoms in total. The zero-order valence-corrected chi connectivity index (χ0v) is 19.0. The maximum Gasteiger partial charge on any atom is 0.290 e. The van der Waals surface area contributed by atoms with Crippen molar-refractivity contribution in [2.75, 3.05) is 37.6 Å². The highest BCUT2D eigenvalue weighted by molar-refractivity contribution is 8.18. The molecule has 1 aromatic heterocycles. The van der Waals surface area contributed by atoms with Crippen LogP contribution in [0.3, 0.4) is 0 Å². The first-order chi connectivity index (χ1) is 16.0. The van der Waals surface area contributed by atoms with E-state index in [-0.39, 0.29) is 11.1 Å². The number of imide groups is 1. The van der Waals surface area contributed by atoms with Crippen LogP contribution in [0.1, 0.15) is 12.6 Å². The Morgan fingerprint density at radius 3 is 2.64 bits per heavy atom. The lowest BCUT2D eigenvalue weighted by Gasteiger charge is -2.35. The molecule has 0 bridgehead atoms. The summed E-state index contributed by atoms with van der Waals surface area (Å²) in [5.74, 6) is -0.652. The summed E-state index contributed by atoms with van der Waals surface area (Å²) in [7, 11) is 0. The van der Waals surface area contributed by atoms with E-state index in [1.54, 1.807) is 18.3 Å². The number of nitrogens with one attached hydrogen (secondary N) is 1. The van der Waals surface area contributed by atoms with E-state index in [4.69, 9.17) is 0 Å². The van der Waals surface area contributed by atoms with Crippen LogP contribution < -0.4 is 10.2 Å². The molecule has 0 unspecified atom stereocenters. The van der Waals surface area contributed by atoms with Gasteiger partial charge in [0.25, 0.3) is 11.1 Å². The highest BCUT2D eigenvalue weighted by Crippen LogP contribution is 2.33. The topological polar surface area (TPSA) is 65.5 Å². The number of hydrogen-bond donors (Lipinski definition) is 1. The van der Waals surface area contributed by atoms with Gasteiger partial charge in [0.05, 0.1) is 16.3 Å². The summed E-state index contributed by atoms with van der Waals surface area (Å²) in [5, 5.41) is 3.67. The van der Waals surface area contributed by atoms with E-state index < -0.39 is 5.91 Å². The molecule has 1 N–H and O–H groups in total. The van der Waals surface area contributed by atoms with Gasteiger partial charge in [0, 0.05) is 37.8 Å². The number of pyridine rings is 1. The van der Waals surface area contributed by atoms with Gasteiger partial charge in [0.15, 0.2) is 0 Å². The molecule has 0 aliphatic carbocycles. The van der Waals surface area contributed by atoms with Gasteiger partial charge in [-0.15, -0.1) is 0 Å². The number of benzene rings is 2. The first kappa shape index (κ1) is 21.6. The molecule has 8 heteroatoms. The Kier molecular flexibility index (Phi) is 5.86. The van der Waals surface area contributed by atoms with Gasteiger partial charge in [-0.3, -0.25) is 19.9 Å². The molecule has 2 saturated heterocycles. The standard InChI is InChI=1S/C25H23FN4O2S/c1-2-29-8-10-30(11-9-29)22-7-6-16(12-21(22)26)19-5-3-4-17-15-27-18(13-20(17)19)14-23-24(31)28-25(32)33-23/h3-7,12-15H,2,8-11H2,1H3,(H,28,31,32)/b23-14-. The molecule has 0 spiro atoms.